The third-order valence-electron chi connectivity index (χ3n) is 8.13. The summed E-state index contributed by atoms with van der Waals surface area (Å²) in [5.74, 6) is 0. The highest BCUT2D eigenvalue weighted by Crippen LogP contribution is 2.63. The van der Waals surface area contributed by atoms with Crippen LogP contribution in [0, 0.1) is 5.41 Å². The van der Waals surface area contributed by atoms with Gasteiger partial charge in [0.1, 0.15) is 0 Å². The van der Waals surface area contributed by atoms with Gasteiger partial charge in [0.25, 0.3) is 0 Å². The van der Waals surface area contributed by atoms with Crippen LogP contribution in [0.25, 0.3) is 40.1 Å². The second-order valence-corrected chi connectivity index (χ2v) is 9.96. The minimum absolute atomic E-state index is 0.418. The van der Waals surface area contributed by atoms with Crippen LogP contribution in [0.5, 0.6) is 0 Å². The van der Waals surface area contributed by atoms with Gasteiger partial charge in [-0.3, -0.25) is 4.98 Å². The minimum atomic E-state index is -0.418. The van der Waals surface area contributed by atoms with Gasteiger partial charge >= 0.3 is 0 Å². The van der Waals surface area contributed by atoms with Gasteiger partial charge in [0.05, 0.1) is 11.1 Å². The summed E-state index contributed by atoms with van der Waals surface area (Å²) in [6.07, 6.45) is 18.3. The average molecular weight is 470 g/mol. The number of hydrogen-bond donors (Lipinski definition) is 0. The van der Waals surface area contributed by atoms with Gasteiger partial charge in [-0.25, -0.2) is 0 Å². The van der Waals surface area contributed by atoms with Gasteiger partial charge in [-0.1, -0.05) is 115 Å². The van der Waals surface area contributed by atoms with Crippen LogP contribution in [-0.2, 0) is 0 Å². The van der Waals surface area contributed by atoms with Crippen LogP contribution in [0.1, 0.15) is 27.8 Å². The molecule has 1 heterocycles. The molecular formula is C36H23N. The highest BCUT2D eigenvalue weighted by molar-refractivity contribution is 6.11. The summed E-state index contributed by atoms with van der Waals surface area (Å²) in [6.45, 7) is 0. The van der Waals surface area contributed by atoms with E-state index in [9.17, 15) is 0 Å². The van der Waals surface area contributed by atoms with Gasteiger partial charge in [0, 0.05) is 17.3 Å². The molecule has 0 saturated heterocycles. The first-order valence-corrected chi connectivity index (χ1v) is 12.8. The average Bonchev–Trinajstić information content (AvgIpc) is 3.54. The molecule has 3 aromatic carbocycles. The van der Waals surface area contributed by atoms with Crippen LogP contribution >= 0.6 is 0 Å². The number of aromatic nitrogens is 1. The molecule has 0 aliphatic heterocycles. The lowest BCUT2D eigenvalue weighted by molar-refractivity contribution is 0.778. The lowest BCUT2D eigenvalue weighted by Crippen LogP contribution is -2.29. The van der Waals surface area contributed by atoms with E-state index in [0.29, 0.717) is 0 Å². The van der Waals surface area contributed by atoms with Crippen molar-refractivity contribution in [3.63, 3.8) is 0 Å². The van der Waals surface area contributed by atoms with Crippen LogP contribution in [0.15, 0.2) is 139 Å². The molecule has 4 aromatic rings. The fourth-order valence-electron chi connectivity index (χ4n) is 6.55. The van der Waals surface area contributed by atoms with Crippen molar-refractivity contribution in [2.75, 3.05) is 0 Å². The van der Waals surface area contributed by atoms with Crippen LogP contribution in [0.2, 0.25) is 0 Å². The molecule has 0 saturated carbocycles. The molecule has 0 amide bonds. The molecule has 4 aliphatic carbocycles. The molecule has 37 heavy (non-hydrogen) atoms. The van der Waals surface area contributed by atoms with E-state index in [4.69, 9.17) is 4.98 Å². The van der Waals surface area contributed by atoms with Gasteiger partial charge in [0.15, 0.2) is 0 Å². The van der Waals surface area contributed by atoms with E-state index in [0.717, 1.165) is 11.3 Å². The first-order valence-electron chi connectivity index (χ1n) is 12.8. The van der Waals surface area contributed by atoms with Crippen molar-refractivity contribution in [3.05, 3.63) is 167 Å². The lowest BCUT2D eigenvalue weighted by atomic mass is 9.59. The smallest absolute Gasteiger partial charge is 0.0777 e. The first-order chi connectivity index (χ1) is 18.3. The molecule has 1 aromatic heterocycles. The van der Waals surface area contributed by atoms with E-state index in [1.54, 1.807) is 0 Å². The third kappa shape index (κ3) is 2.77. The number of rotatable bonds is 2. The van der Waals surface area contributed by atoms with Crippen LogP contribution in [0.4, 0.5) is 0 Å². The van der Waals surface area contributed by atoms with Crippen molar-refractivity contribution in [1.82, 2.24) is 4.98 Å². The molecule has 4 aliphatic rings. The highest BCUT2D eigenvalue weighted by Gasteiger charge is 2.48. The van der Waals surface area contributed by atoms with Crippen molar-refractivity contribution < 1.29 is 0 Å². The highest BCUT2D eigenvalue weighted by atomic mass is 14.7. The van der Waals surface area contributed by atoms with Gasteiger partial charge < -0.3 is 0 Å². The van der Waals surface area contributed by atoms with Gasteiger partial charge in [-0.15, -0.1) is 0 Å². The summed E-state index contributed by atoms with van der Waals surface area (Å²) >= 11 is 0. The summed E-state index contributed by atoms with van der Waals surface area (Å²) in [7, 11) is 0. The molecule has 1 heteroatoms. The monoisotopic (exact) mass is 469 g/mol. The maximum absolute atomic E-state index is 4.91. The molecule has 1 unspecified atom stereocenters. The second-order valence-electron chi connectivity index (χ2n) is 9.96. The standard InChI is InChI=1S/C36H23N/c1-2-10-24(11-3-1)35-31(17-9-21-37-35)32-19-18-30-28-15-7-5-13-26(28)23-34(30)36(32)20-8-16-29-27-14-6-4-12-25(27)22-33(29)36/h1-23H. The Morgan fingerprint density at radius 3 is 1.86 bits per heavy atom. The Morgan fingerprint density at radius 1 is 0.514 bits per heavy atom. The largest absolute Gasteiger partial charge is 0.256 e. The van der Waals surface area contributed by atoms with Gasteiger partial charge in [-0.2, -0.15) is 0 Å². The Bertz CT molecular complexity index is 1780. The quantitative estimate of drug-likeness (QED) is 0.286. The van der Waals surface area contributed by atoms with Crippen molar-refractivity contribution in [3.8, 4) is 11.3 Å². The van der Waals surface area contributed by atoms with Crippen LogP contribution in [-0.4, -0.2) is 4.98 Å². The lowest BCUT2D eigenvalue weighted by Gasteiger charge is -2.42. The summed E-state index contributed by atoms with van der Waals surface area (Å²) in [5.41, 5.74) is 14.7. The number of nitrogens with zero attached hydrogens (tertiary/aromatic N) is 1. The van der Waals surface area contributed by atoms with E-state index in [1.165, 1.54) is 55.7 Å². The molecule has 1 nitrogen and oxygen atoms in total. The van der Waals surface area contributed by atoms with Crippen LogP contribution < -0.4 is 0 Å². The Kier molecular flexibility index (Phi) is 4.21. The molecule has 0 fully saturated rings. The summed E-state index contributed by atoms with van der Waals surface area (Å²) in [4.78, 5) is 4.91. The SMILES string of the molecule is C1=CC2(C3=Cc4ccccc4C3=C1)C1=Cc3ccccc3C1=CC=C2c1cccnc1-c1ccccc1. The predicted octanol–water partition coefficient (Wildman–Crippen LogP) is 8.66. The number of pyridine rings is 1. The molecule has 0 N–H and O–H groups in total. The second kappa shape index (κ2) is 7.62. The van der Waals surface area contributed by atoms with Gasteiger partial charge in [0.2, 0.25) is 0 Å². The third-order valence-corrected chi connectivity index (χ3v) is 8.13. The van der Waals surface area contributed by atoms with E-state index in [2.05, 4.69) is 134 Å². The molecular weight excluding hydrogens is 446 g/mol. The van der Waals surface area contributed by atoms with E-state index in [1.807, 2.05) is 6.20 Å². The molecule has 8 rings (SSSR count). The molecule has 1 atom stereocenters. The normalized spacial score (nSPS) is 20.2. The Labute approximate surface area is 216 Å². The molecule has 0 radical (unpaired) electrons. The van der Waals surface area contributed by atoms with Crippen molar-refractivity contribution in [2.24, 2.45) is 5.41 Å². The first kappa shape index (κ1) is 20.4. The number of allylic oxidation sites excluding steroid dienone is 10. The molecule has 0 bridgehead atoms. The molecule has 1 spiro atoms. The minimum Gasteiger partial charge on any atom is -0.256 e. The van der Waals surface area contributed by atoms with E-state index in [-0.39, 0.29) is 0 Å². The topological polar surface area (TPSA) is 12.9 Å². The summed E-state index contributed by atoms with van der Waals surface area (Å²) < 4.78 is 0. The maximum Gasteiger partial charge on any atom is 0.0777 e. The zero-order chi connectivity index (χ0) is 24.4. The Hall–Kier alpha value is -4.75. The Balaban J connectivity index is 1.43. The van der Waals surface area contributed by atoms with E-state index < -0.39 is 5.41 Å². The van der Waals surface area contributed by atoms with Crippen molar-refractivity contribution in [2.45, 2.75) is 0 Å². The van der Waals surface area contributed by atoms with Crippen molar-refractivity contribution in [1.29, 1.82) is 0 Å². The zero-order valence-corrected chi connectivity index (χ0v) is 20.2. The number of benzene rings is 3. The van der Waals surface area contributed by atoms with E-state index >= 15 is 0 Å². The molecule has 172 valence electrons. The van der Waals surface area contributed by atoms with Crippen molar-refractivity contribution >= 4 is 28.9 Å². The van der Waals surface area contributed by atoms with Crippen LogP contribution in [0.3, 0.4) is 0 Å². The summed E-state index contributed by atoms with van der Waals surface area (Å²) in [5, 5.41) is 0. The maximum atomic E-state index is 4.91. The number of fused-ring (bicyclic) bond motifs is 8. The fourth-order valence-corrected chi connectivity index (χ4v) is 6.55. The Morgan fingerprint density at radius 2 is 1.14 bits per heavy atom. The zero-order valence-electron chi connectivity index (χ0n) is 20.2. The number of hydrogen-bond acceptors (Lipinski definition) is 1. The predicted molar refractivity (Wildman–Crippen MR) is 154 cm³/mol. The van der Waals surface area contributed by atoms with Gasteiger partial charge in [-0.05, 0) is 68.3 Å². The fraction of sp³-hybridized carbons (Fsp3) is 0.0278. The summed E-state index contributed by atoms with van der Waals surface area (Å²) in [6, 6.07) is 32.4.